The van der Waals surface area contributed by atoms with Crippen molar-refractivity contribution in [3.63, 3.8) is 0 Å². The summed E-state index contributed by atoms with van der Waals surface area (Å²) < 4.78 is 24.1. The molecule has 8 atom stereocenters. The Morgan fingerprint density at radius 2 is 1.51 bits per heavy atom. The van der Waals surface area contributed by atoms with E-state index in [1.54, 1.807) is 0 Å². The van der Waals surface area contributed by atoms with E-state index >= 15 is 0 Å². The van der Waals surface area contributed by atoms with Crippen molar-refractivity contribution >= 4 is 23.9 Å². The first kappa shape index (κ1) is 30.9. The van der Waals surface area contributed by atoms with Crippen LogP contribution in [-0.4, -0.2) is 48.3 Å². The second-order valence-corrected chi connectivity index (χ2v) is 12.6. The molecule has 0 saturated heterocycles. The molecule has 8 heteroatoms. The van der Waals surface area contributed by atoms with Crippen molar-refractivity contribution in [1.29, 1.82) is 0 Å². The normalized spacial score (nSPS) is 34.5. The Morgan fingerprint density at radius 1 is 0.949 bits per heavy atom. The molecule has 0 aromatic rings. The third-order valence-electron chi connectivity index (χ3n) is 9.29. The van der Waals surface area contributed by atoms with E-state index in [-0.39, 0.29) is 17.9 Å². The van der Waals surface area contributed by atoms with Crippen LogP contribution in [0.25, 0.3) is 0 Å². The van der Waals surface area contributed by atoms with Crippen molar-refractivity contribution in [2.24, 2.45) is 28.6 Å². The maximum Gasteiger partial charge on any atom is 0.308 e. The third-order valence-corrected chi connectivity index (χ3v) is 9.29. The van der Waals surface area contributed by atoms with Crippen LogP contribution in [-0.2, 0) is 38.1 Å². The van der Waals surface area contributed by atoms with E-state index in [0.29, 0.717) is 37.7 Å². The van der Waals surface area contributed by atoms with Crippen LogP contribution in [0.4, 0.5) is 0 Å². The number of hydrogen-bond donors (Lipinski definition) is 0. The minimum Gasteiger partial charge on any atom is -0.461 e. The highest BCUT2D eigenvalue weighted by molar-refractivity contribution is 5.72. The molecule has 0 aliphatic heterocycles. The first-order chi connectivity index (χ1) is 18.0. The summed E-state index contributed by atoms with van der Waals surface area (Å²) >= 11 is 0. The molecule has 0 aromatic heterocycles. The van der Waals surface area contributed by atoms with Crippen molar-refractivity contribution in [2.75, 3.05) is 0 Å². The molecule has 39 heavy (non-hydrogen) atoms. The first-order valence-corrected chi connectivity index (χ1v) is 14.1. The lowest BCUT2D eigenvalue weighted by molar-refractivity contribution is -0.188. The van der Waals surface area contributed by atoms with E-state index in [1.165, 1.54) is 20.8 Å². The fourth-order valence-electron chi connectivity index (χ4n) is 7.58. The Kier molecular flexibility index (Phi) is 9.08. The van der Waals surface area contributed by atoms with E-state index in [0.717, 1.165) is 11.1 Å². The van der Waals surface area contributed by atoms with Gasteiger partial charge in [0.25, 0.3) is 0 Å². The monoisotopic (exact) mass is 546 g/mol. The second kappa shape index (κ2) is 11.5. The highest BCUT2D eigenvalue weighted by Crippen LogP contribution is 2.60. The minimum absolute atomic E-state index is 0.281. The Labute approximate surface area is 232 Å². The number of carbonyl (C=O) groups is 4. The Morgan fingerprint density at radius 3 is 2.05 bits per heavy atom. The molecule has 8 nitrogen and oxygen atoms in total. The number of esters is 4. The summed E-state index contributed by atoms with van der Waals surface area (Å²) in [5.41, 5.74) is 1.50. The Bertz CT molecular complexity index is 1050. The molecule has 0 aromatic carbocycles. The van der Waals surface area contributed by atoms with Gasteiger partial charge in [0.1, 0.15) is 24.4 Å². The molecule has 0 amide bonds. The van der Waals surface area contributed by atoms with Gasteiger partial charge in [0.2, 0.25) is 0 Å². The molecule has 3 rings (SSSR count). The van der Waals surface area contributed by atoms with Gasteiger partial charge in [-0.15, -0.1) is 0 Å². The lowest BCUT2D eigenvalue weighted by Gasteiger charge is -2.58. The van der Waals surface area contributed by atoms with Crippen LogP contribution >= 0.6 is 0 Å². The predicted octanol–water partition coefficient (Wildman–Crippen LogP) is 5.48. The molecule has 0 spiro atoms. The average molecular weight is 547 g/mol. The largest absolute Gasteiger partial charge is 0.461 e. The van der Waals surface area contributed by atoms with Crippen LogP contribution in [0.2, 0.25) is 0 Å². The summed E-state index contributed by atoms with van der Waals surface area (Å²) in [7, 11) is 0. The second-order valence-electron chi connectivity index (χ2n) is 12.6. The standard InChI is InChI=1S/C31H46O8/c1-11-16(2)29(35)39-23-14-17(3)25-24(37-20(6)33)15-31(10)13-12-22(36-19(5)32)18(4)26(31)28(38-21(7)34)27(23)30(25,8)9/h16,22-24,26-28H,4,11-15H2,1-3,5-10H3/t16?,22-,23-,24-,26-,27+,28-,31-/m0/s1. The third kappa shape index (κ3) is 6.09. The van der Waals surface area contributed by atoms with Gasteiger partial charge in [0.05, 0.1) is 5.92 Å². The van der Waals surface area contributed by atoms with Crippen LogP contribution in [0.1, 0.15) is 94.4 Å². The van der Waals surface area contributed by atoms with Crippen molar-refractivity contribution < 1.29 is 38.1 Å². The molecule has 3 aliphatic carbocycles. The minimum atomic E-state index is -0.704. The molecular formula is C31H46O8. The van der Waals surface area contributed by atoms with Gasteiger partial charge in [0.15, 0.2) is 0 Å². The molecule has 2 fully saturated rings. The van der Waals surface area contributed by atoms with E-state index in [2.05, 4.69) is 13.5 Å². The molecule has 3 aliphatic rings. The van der Waals surface area contributed by atoms with Gasteiger partial charge < -0.3 is 18.9 Å². The van der Waals surface area contributed by atoms with Crippen molar-refractivity contribution in [3.8, 4) is 0 Å². The van der Waals surface area contributed by atoms with E-state index in [1.807, 2.05) is 34.6 Å². The average Bonchev–Trinajstić information content (AvgIpc) is 2.77. The van der Waals surface area contributed by atoms with E-state index in [4.69, 9.17) is 18.9 Å². The molecule has 2 bridgehead atoms. The summed E-state index contributed by atoms with van der Waals surface area (Å²) in [4.78, 5) is 50.1. The fourth-order valence-corrected chi connectivity index (χ4v) is 7.58. The van der Waals surface area contributed by atoms with Crippen LogP contribution in [0, 0.1) is 28.6 Å². The van der Waals surface area contributed by atoms with Gasteiger partial charge in [-0.25, -0.2) is 0 Å². The van der Waals surface area contributed by atoms with Gasteiger partial charge >= 0.3 is 23.9 Å². The van der Waals surface area contributed by atoms with Crippen LogP contribution in [0.5, 0.6) is 0 Å². The first-order valence-electron chi connectivity index (χ1n) is 14.1. The maximum atomic E-state index is 13.1. The zero-order chi connectivity index (χ0) is 29.4. The zero-order valence-corrected chi connectivity index (χ0v) is 25.1. The highest BCUT2D eigenvalue weighted by Gasteiger charge is 2.61. The number of rotatable bonds is 6. The van der Waals surface area contributed by atoms with Crippen LogP contribution < -0.4 is 0 Å². The number of carbonyl (C=O) groups excluding carboxylic acids is 4. The van der Waals surface area contributed by atoms with Gasteiger partial charge in [0, 0.05) is 39.0 Å². The van der Waals surface area contributed by atoms with Gasteiger partial charge in [-0.3, -0.25) is 19.2 Å². The zero-order valence-electron chi connectivity index (χ0n) is 25.1. The Hall–Kier alpha value is -2.64. The van der Waals surface area contributed by atoms with Gasteiger partial charge in [-0.05, 0) is 54.6 Å². The molecule has 0 radical (unpaired) electrons. The van der Waals surface area contributed by atoms with E-state index in [9.17, 15) is 19.2 Å². The summed E-state index contributed by atoms with van der Waals surface area (Å²) in [6.07, 6.45) is 0.463. The van der Waals surface area contributed by atoms with E-state index < -0.39 is 59.0 Å². The summed E-state index contributed by atoms with van der Waals surface area (Å²) in [5.74, 6) is -2.68. The predicted molar refractivity (Wildman–Crippen MR) is 145 cm³/mol. The number of ether oxygens (including phenoxy) is 4. The van der Waals surface area contributed by atoms with Crippen LogP contribution in [0.15, 0.2) is 23.3 Å². The SMILES string of the molecule is C=C1[C@@H](OC(C)=O)CC[C@@]2(C)C[C@H](OC(C)=O)C3=C(C)C[C@H](OC(=O)C(C)CC)[C@H]([C@@H](OC(C)=O)[C@H]12)C3(C)C. The fraction of sp³-hybridized carbons (Fsp3) is 0.742. The lowest BCUT2D eigenvalue weighted by atomic mass is 9.50. The molecule has 218 valence electrons. The molecule has 1 unspecified atom stereocenters. The Balaban J connectivity index is 2.28. The summed E-state index contributed by atoms with van der Waals surface area (Å²) in [5, 5.41) is 0. The molecule has 0 N–H and O–H groups in total. The maximum absolute atomic E-state index is 13.1. The van der Waals surface area contributed by atoms with Crippen molar-refractivity contribution in [1.82, 2.24) is 0 Å². The quantitative estimate of drug-likeness (QED) is 0.245. The topological polar surface area (TPSA) is 105 Å². The van der Waals surface area contributed by atoms with Crippen molar-refractivity contribution in [3.05, 3.63) is 23.3 Å². The highest BCUT2D eigenvalue weighted by atomic mass is 16.6. The molecule has 0 heterocycles. The number of fused-ring (bicyclic) bond motifs is 3. The number of hydrogen-bond acceptors (Lipinski definition) is 8. The summed E-state index contributed by atoms with van der Waals surface area (Å²) in [6.45, 7) is 20.5. The smallest absolute Gasteiger partial charge is 0.308 e. The molecule has 2 saturated carbocycles. The van der Waals surface area contributed by atoms with Gasteiger partial charge in [-0.1, -0.05) is 46.8 Å². The van der Waals surface area contributed by atoms with Gasteiger partial charge in [-0.2, -0.15) is 0 Å². The lowest BCUT2D eigenvalue weighted by Crippen LogP contribution is -2.60. The molecular weight excluding hydrogens is 500 g/mol. The summed E-state index contributed by atoms with van der Waals surface area (Å²) in [6, 6.07) is 0. The van der Waals surface area contributed by atoms with Crippen LogP contribution in [0.3, 0.4) is 0 Å². The van der Waals surface area contributed by atoms with Crippen molar-refractivity contribution in [2.45, 2.75) is 119 Å².